The fourth-order valence-corrected chi connectivity index (χ4v) is 2.88. The molecule has 0 aliphatic carbocycles. The lowest BCUT2D eigenvalue weighted by atomic mass is 10.2. The summed E-state index contributed by atoms with van der Waals surface area (Å²) in [7, 11) is 0. The molecule has 0 saturated carbocycles. The lowest BCUT2D eigenvalue weighted by Gasteiger charge is -2.11. The van der Waals surface area contributed by atoms with Gasteiger partial charge in [0.15, 0.2) is 0 Å². The van der Waals surface area contributed by atoms with Crippen molar-refractivity contribution in [3.8, 4) is 0 Å². The standard InChI is InChI=1S/C20H16ClN5/c1-13-7-8-15(21)10-17(13)26-19-11-18(23-12-24-19)25-16-6-2-4-14-5-3-9-22-20(14)16/h2-12H,1H3,(H2,23,24,25,26). The molecule has 0 spiro atoms. The molecule has 0 radical (unpaired) electrons. The molecule has 4 aromatic rings. The van der Waals surface area contributed by atoms with Crippen molar-refractivity contribution in [3.63, 3.8) is 0 Å². The van der Waals surface area contributed by atoms with E-state index in [4.69, 9.17) is 11.6 Å². The first-order chi connectivity index (χ1) is 12.7. The van der Waals surface area contributed by atoms with Crippen molar-refractivity contribution in [1.29, 1.82) is 0 Å². The van der Waals surface area contributed by atoms with E-state index in [1.54, 1.807) is 6.20 Å². The number of anilines is 4. The highest BCUT2D eigenvalue weighted by molar-refractivity contribution is 6.30. The summed E-state index contributed by atoms with van der Waals surface area (Å²) in [6, 6.07) is 17.5. The third-order valence-electron chi connectivity index (χ3n) is 4.02. The van der Waals surface area contributed by atoms with Crippen LogP contribution in [0.3, 0.4) is 0 Å². The zero-order valence-corrected chi connectivity index (χ0v) is 14.8. The summed E-state index contributed by atoms with van der Waals surface area (Å²) in [6.45, 7) is 2.01. The number of hydrogen-bond donors (Lipinski definition) is 2. The zero-order valence-electron chi connectivity index (χ0n) is 14.1. The maximum absolute atomic E-state index is 6.09. The molecule has 4 rings (SSSR count). The van der Waals surface area contributed by atoms with Crippen molar-refractivity contribution in [2.45, 2.75) is 6.92 Å². The number of aromatic nitrogens is 3. The van der Waals surface area contributed by atoms with Crippen LogP contribution in [-0.2, 0) is 0 Å². The molecule has 128 valence electrons. The van der Waals surface area contributed by atoms with E-state index in [0.717, 1.165) is 27.8 Å². The quantitative estimate of drug-likeness (QED) is 0.504. The Labute approximate surface area is 156 Å². The highest BCUT2D eigenvalue weighted by Gasteiger charge is 2.06. The summed E-state index contributed by atoms with van der Waals surface area (Å²) >= 11 is 6.09. The first kappa shape index (κ1) is 16.3. The van der Waals surface area contributed by atoms with E-state index in [1.165, 1.54) is 6.33 Å². The van der Waals surface area contributed by atoms with Gasteiger partial charge < -0.3 is 10.6 Å². The number of nitrogens with zero attached hydrogens (tertiary/aromatic N) is 3. The first-order valence-electron chi connectivity index (χ1n) is 8.15. The van der Waals surface area contributed by atoms with E-state index in [9.17, 15) is 0 Å². The summed E-state index contributed by atoms with van der Waals surface area (Å²) in [4.78, 5) is 13.0. The van der Waals surface area contributed by atoms with E-state index >= 15 is 0 Å². The fraction of sp³-hybridized carbons (Fsp3) is 0.0500. The van der Waals surface area contributed by atoms with Crippen LogP contribution in [0, 0.1) is 6.92 Å². The van der Waals surface area contributed by atoms with Crippen LogP contribution in [0.4, 0.5) is 23.0 Å². The van der Waals surface area contributed by atoms with Crippen LogP contribution >= 0.6 is 11.6 Å². The Kier molecular flexibility index (Phi) is 4.37. The molecule has 2 heterocycles. The fourth-order valence-electron chi connectivity index (χ4n) is 2.70. The Morgan fingerprint density at radius 1 is 0.808 bits per heavy atom. The molecule has 0 bridgehead atoms. The van der Waals surface area contributed by atoms with Gasteiger partial charge in [0.2, 0.25) is 0 Å². The van der Waals surface area contributed by atoms with Crippen molar-refractivity contribution in [2.75, 3.05) is 10.6 Å². The average molecular weight is 362 g/mol. The normalized spacial score (nSPS) is 10.7. The summed E-state index contributed by atoms with van der Waals surface area (Å²) in [6.07, 6.45) is 3.30. The van der Waals surface area contributed by atoms with Crippen molar-refractivity contribution < 1.29 is 0 Å². The molecule has 5 nitrogen and oxygen atoms in total. The Morgan fingerprint density at radius 3 is 2.42 bits per heavy atom. The second kappa shape index (κ2) is 6.98. The molecular weight excluding hydrogens is 346 g/mol. The third-order valence-corrected chi connectivity index (χ3v) is 4.26. The largest absolute Gasteiger partial charge is 0.340 e. The Morgan fingerprint density at radius 2 is 1.58 bits per heavy atom. The van der Waals surface area contributed by atoms with Crippen molar-refractivity contribution in [1.82, 2.24) is 15.0 Å². The lowest BCUT2D eigenvalue weighted by molar-refractivity contribution is 1.16. The van der Waals surface area contributed by atoms with E-state index < -0.39 is 0 Å². The molecule has 2 aromatic carbocycles. The molecule has 0 aliphatic rings. The van der Waals surface area contributed by atoms with Crippen molar-refractivity contribution in [3.05, 3.63) is 77.7 Å². The topological polar surface area (TPSA) is 62.7 Å². The van der Waals surface area contributed by atoms with E-state index in [0.29, 0.717) is 16.7 Å². The van der Waals surface area contributed by atoms with Crippen molar-refractivity contribution in [2.24, 2.45) is 0 Å². The number of para-hydroxylation sites is 1. The van der Waals surface area contributed by atoms with Crippen molar-refractivity contribution >= 4 is 45.5 Å². The highest BCUT2D eigenvalue weighted by Crippen LogP contribution is 2.26. The van der Waals surface area contributed by atoms with Crippen LogP contribution in [0.5, 0.6) is 0 Å². The maximum atomic E-state index is 6.09. The van der Waals surface area contributed by atoms with Crippen LogP contribution in [0.15, 0.2) is 67.1 Å². The number of benzene rings is 2. The maximum Gasteiger partial charge on any atom is 0.135 e. The van der Waals surface area contributed by atoms with E-state index in [-0.39, 0.29) is 0 Å². The van der Waals surface area contributed by atoms with Crippen LogP contribution in [-0.4, -0.2) is 15.0 Å². The summed E-state index contributed by atoms with van der Waals surface area (Å²) in [5, 5.41) is 8.35. The van der Waals surface area contributed by atoms with Crippen LogP contribution in [0.25, 0.3) is 10.9 Å². The smallest absolute Gasteiger partial charge is 0.135 e. The molecule has 2 aromatic heterocycles. The number of nitrogens with one attached hydrogen (secondary N) is 2. The molecule has 0 atom stereocenters. The van der Waals surface area contributed by atoms with Gasteiger partial charge in [-0.2, -0.15) is 0 Å². The molecule has 26 heavy (non-hydrogen) atoms. The summed E-state index contributed by atoms with van der Waals surface area (Å²) in [5.41, 5.74) is 3.79. The molecule has 2 N–H and O–H groups in total. The van der Waals surface area contributed by atoms with Crippen LogP contribution in [0.1, 0.15) is 5.56 Å². The van der Waals surface area contributed by atoms with Crippen LogP contribution in [0.2, 0.25) is 5.02 Å². The number of aryl methyl sites for hydroxylation is 1. The second-order valence-electron chi connectivity index (χ2n) is 5.88. The van der Waals surface area contributed by atoms with Gasteiger partial charge in [0.05, 0.1) is 11.2 Å². The minimum absolute atomic E-state index is 0.673. The van der Waals surface area contributed by atoms with Gasteiger partial charge in [-0.15, -0.1) is 0 Å². The summed E-state index contributed by atoms with van der Waals surface area (Å²) in [5.74, 6) is 1.36. The van der Waals surface area contributed by atoms with E-state index in [1.807, 2.05) is 61.5 Å². The predicted molar refractivity (Wildman–Crippen MR) is 107 cm³/mol. The number of hydrogen-bond acceptors (Lipinski definition) is 5. The molecular formula is C20H16ClN5. The SMILES string of the molecule is Cc1ccc(Cl)cc1Nc1cc(Nc2cccc3cccnc23)ncn1. The molecule has 0 aliphatic heterocycles. The van der Waals surface area contributed by atoms with Gasteiger partial charge in [-0.25, -0.2) is 9.97 Å². The van der Waals surface area contributed by atoms with Gasteiger partial charge in [0.25, 0.3) is 0 Å². The van der Waals surface area contributed by atoms with Gasteiger partial charge in [0, 0.05) is 28.4 Å². The van der Waals surface area contributed by atoms with Gasteiger partial charge in [-0.05, 0) is 36.8 Å². The van der Waals surface area contributed by atoms with Crippen LogP contribution < -0.4 is 10.6 Å². The van der Waals surface area contributed by atoms with Gasteiger partial charge in [0.1, 0.15) is 18.0 Å². The molecule has 0 amide bonds. The predicted octanol–water partition coefficient (Wildman–Crippen LogP) is 5.47. The van der Waals surface area contributed by atoms with Gasteiger partial charge >= 0.3 is 0 Å². The number of pyridine rings is 1. The van der Waals surface area contributed by atoms with Gasteiger partial charge in [-0.3, -0.25) is 4.98 Å². The molecule has 0 saturated heterocycles. The van der Waals surface area contributed by atoms with E-state index in [2.05, 4.69) is 25.6 Å². The Balaban J connectivity index is 1.62. The molecule has 6 heteroatoms. The average Bonchev–Trinajstić information content (AvgIpc) is 2.65. The highest BCUT2D eigenvalue weighted by atomic mass is 35.5. The first-order valence-corrected chi connectivity index (χ1v) is 8.53. The monoisotopic (exact) mass is 361 g/mol. The summed E-state index contributed by atoms with van der Waals surface area (Å²) < 4.78 is 0. The van der Waals surface area contributed by atoms with Gasteiger partial charge in [-0.1, -0.05) is 35.9 Å². The second-order valence-corrected chi connectivity index (χ2v) is 6.31. The molecule has 0 fully saturated rings. The number of halogens is 1. The molecule has 0 unspecified atom stereocenters. The Bertz CT molecular complexity index is 1080. The minimum Gasteiger partial charge on any atom is -0.340 e. The minimum atomic E-state index is 0.673. The Hall–Kier alpha value is -3.18. The lowest BCUT2D eigenvalue weighted by Crippen LogP contribution is -2.00. The zero-order chi connectivity index (χ0) is 17.9. The number of fused-ring (bicyclic) bond motifs is 1. The number of rotatable bonds is 4. The third kappa shape index (κ3) is 3.43.